The lowest BCUT2D eigenvalue weighted by molar-refractivity contribution is 0.0372. The van der Waals surface area contributed by atoms with E-state index in [9.17, 15) is 9.90 Å². The van der Waals surface area contributed by atoms with Crippen molar-refractivity contribution in [1.29, 1.82) is 0 Å². The fourth-order valence-corrected chi connectivity index (χ4v) is 2.51. The molecular weight excluding hydrogens is 318 g/mol. The van der Waals surface area contributed by atoms with Gasteiger partial charge in [-0.05, 0) is 31.2 Å². The van der Waals surface area contributed by atoms with Crippen LogP contribution < -0.4 is 15.5 Å². The Kier molecular flexibility index (Phi) is 5.18. The van der Waals surface area contributed by atoms with Crippen LogP contribution in [0.15, 0.2) is 41.0 Å². The average molecular weight is 338 g/mol. The van der Waals surface area contributed by atoms with Gasteiger partial charge in [-0.25, -0.2) is 4.79 Å². The predicted octanol–water partition coefficient (Wildman–Crippen LogP) is 3.03. The van der Waals surface area contributed by atoms with E-state index >= 15 is 0 Å². The predicted molar refractivity (Wildman–Crippen MR) is 91.1 cm³/mol. The summed E-state index contributed by atoms with van der Waals surface area (Å²) in [6, 6.07) is 8.15. The van der Waals surface area contributed by atoms with Crippen LogP contribution >= 0.6 is 11.6 Å². The number of amides is 2. The number of urea groups is 1. The number of carbonyl (C=O) groups is 1. The molecule has 23 heavy (non-hydrogen) atoms. The van der Waals surface area contributed by atoms with Gasteiger partial charge in [0.05, 0.1) is 29.2 Å². The zero-order valence-corrected chi connectivity index (χ0v) is 14.0. The van der Waals surface area contributed by atoms with Crippen LogP contribution in [0.5, 0.6) is 0 Å². The first-order chi connectivity index (χ1) is 10.8. The second-order valence-electron chi connectivity index (χ2n) is 5.59. The Labute approximate surface area is 140 Å². The van der Waals surface area contributed by atoms with Crippen LogP contribution in [0.25, 0.3) is 0 Å². The van der Waals surface area contributed by atoms with E-state index in [2.05, 4.69) is 10.6 Å². The van der Waals surface area contributed by atoms with Crippen molar-refractivity contribution in [3.8, 4) is 0 Å². The number of carbonyl (C=O) groups excluding carboxylic acids is 1. The van der Waals surface area contributed by atoms with Crippen LogP contribution in [0.4, 0.5) is 16.2 Å². The smallest absolute Gasteiger partial charge is 0.319 e. The highest BCUT2D eigenvalue weighted by atomic mass is 35.5. The van der Waals surface area contributed by atoms with Crippen molar-refractivity contribution in [2.75, 3.05) is 30.9 Å². The lowest BCUT2D eigenvalue weighted by Gasteiger charge is -2.22. The molecule has 0 aliphatic carbocycles. The Hall–Kier alpha value is -2.18. The molecule has 2 rings (SSSR count). The molecule has 0 bridgehead atoms. The van der Waals surface area contributed by atoms with Crippen molar-refractivity contribution in [3.05, 3.63) is 47.4 Å². The third-order valence-corrected chi connectivity index (χ3v) is 3.63. The highest BCUT2D eigenvalue weighted by Crippen LogP contribution is 2.32. The Morgan fingerprint density at radius 3 is 2.70 bits per heavy atom. The van der Waals surface area contributed by atoms with Gasteiger partial charge < -0.3 is 25.1 Å². The molecule has 6 nitrogen and oxygen atoms in total. The summed E-state index contributed by atoms with van der Waals surface area (Å²) in [5.74, 6) is 0.384. The van der Waals surface area contributed by atoms with Crippen LogP contribution in [0, 0.1) is 0 Å². The zero-order valence-electron chi connectivity index (χ0n) is 13.3. The largest absolute Gasteiger partial charge is 0.466 e. The number of benzene rings is 1. The van der Waals surface area contributed by atoms with E-state index in [-0.39, 0.29) is 6.54 Å². The number of anilines is 2. The fraction of sp³-hybridized carbons (Fsp3) is 0.312. The van der Waals surface area contributed by atoms with Crippen LogP contribution in [-0.2, 0) is 5.60 Å². The Morgan fingerprint density at radius 1 is 1.35 bits per heavy atom. The number of furan rings is 1. The molecule has 124 valence electrons. The lowest BCUT2D eigenvalue weighted by Crippen LogP contribution is -2.40. The van der Waals surface area contributed by atoms with Crippen molar-refractivity contribution in [3.63, 3.8) is 0 Å². The summed E-state index contributed by atoms with van der Waals surface area (Å²) in [6.45, 7) is 1.57. The summed E-state index contributed by atoms with van der Waals surface area (Å²) in [4.78, 5) is 13.9. The average Bonchev–Trinajstić information content (AvgIpc) is 3.00. The second kappa shape index (κ2) is 6.93. The summed E-state index contributed by atoms with van der Waals surface area (Å²) >= 11 is 6.16. The summed E-state index contributed by atoms with van der Waals surface area (Å²) in [6.07, 6.45) is 1.47. The number of nitrogens with one attached hydrogen (secondary N) is 2. The molecule has 0 unspecified atom stereocenters. The third-order valence-electron chi connectivity index (χ3n) is 3.33. The topological polar surface area (TPSA) is 77.7 Å². The third kappa shape index (κ3) is 4.18. The quantitative estimate of drug-likeness (QED) is 0.783. The number of hydrogen-bond donors (Lipinski definition) is 3. The minimum absolute atomic E-state index is 0.00418. The minimum Gasteiger partial charge on any atom is -0.466 e. The van der Waals surface area contributed by atoms with Gasteiger partial charge in [0, 0.05) is 14.1 Å². The maximum Gasteiger partial charge on any atom is 0.319 e. The van der Waals surface area contributed by atoms with Gasteiger partial charge in [-0.3, -0.25) is 0 Å². The van der Waals surface area contributed by atoms with Gasteiger partial charge in [0.15, 0.2) is 0 Å². The van der Waals surface area contributed by atoms with E-state index < -0.39 is 11.6 Å². The van der Waals surface area contributed by atoms with E-state index in [0.29, 0.717) is 22.2 Å². The van der Waals surface area contributed by atoms with Crippen LogP contribution in [0.2, 0.25) is 5.02 Å². The first-order valence-corrected chi connectivity index (χ1v) is 7.46. The molecule has 1 atom stereocenters. The molecular formula is C16H20ClN3O3. The number of rotatable bonds is 5. The van der Waals surface area contributed by atoms with E-state index in [1.54, 1.807) is 37.3 Å². The minimum atomic E-state index is -1.29. The SMILES string of the molecule is CN(C)c1c(Cl)cccc1NC(=O)NC[C@](C)(O)c1ccco1. The highest BCUT2D eigenvalue weighted by Gasteiger charge is 2.27. The van der Waals surface area contributed by atoms with E-state index in [1.165, 1.54) is 6.26 Å². The van der Waals surface area contributed by atoms with Gasteiger partial charge in [-0.2, -0.15) is 0 Å². The molecule has 7 heteroatoms. The molecule has 2 amide bonds. The maximum atomic E-state index is 12.1. The molecule has 2 aromatic rings. The summed E-state index contributed by atoms with van der Waals surface area (Å²) in [5.41, 5.74) is -0.000674. The van der Waals surface area contributed by atoms with Crippen LogP contribution in [0.3, 0.4) is 0 Å². The van der Waals surface area contributed by atoms with Crippen LogP contribution in [0.1, 0.15) is 12.7 Å². The second-order valence-corrected chi connectivity index (χ2v) is 6.00. The van der Waals surface area contributed by atoms with Gasteiger partial charge in [-0.1, -0.05) is 17.7 Å². The summed E-state index contributed by atoms with van der Waals surface area (Å²) in [7, 11) is 3.68. The Balaban J connectivity index is 2.02. The lowest BCUT2D eigenvalue weighted by atomic mass is 10.0. The van der Waals surface area contributed by atoms with Crippen molar-refractivity contribution in [1.82, 2.24) is 5.32 Å². The standard InChI is InChI=1S/C16H20ClN3O3/c1-16(22,13-8-5-9-23-13)10-18-15(21)19-12-7-4-6-11(17)14(12)20(2)3/h4-9,22H,10H2,1-3H3,(H2,18,19,21)/t16-/m0/s1. The Bertz CT molecular complexity index is 669. The monoisotopic (exact) mass is 337 g/mol. The van der Waals surface area contributed by atoms with Gasteiger partial charge in [0.25, 0.3) is 0 Å². The number of para-hydroxylation sites is 1. The van der Waals surface area contributed by atoms with Gasteiger partial charge >= 0.3 is 6.03 Å². The molecule has 0 spiro atoms. The molecule has 1 aromatic heterocycles. The van der Waals surface area contributed by atoms with Crippen molar-refractivity contribution in [2.45, 2.75) is 12.5 Å². The Morgan fingerprint density at radius 2 is 2.09 bits per heavy atom. The van der Waals surface area contributed by atoms with Crippen molar-refractivity contribution < 1.29 is 14.3 Å². The van der Waals surface area contributed by atoms with E-state index in [4.69, 9.17) is 16.0 Å². The number of nitrogens with zero attached hydrogens (tertiary/aromatic N) is 1. The van der Waals surface area contributed by atoms with E-state index in [0.717, 1.165) is 0 Å². The molecule has 1 aromatic carbocycles. The van der Waals surface area contributed by atoms with Gasteiger partial charge in [0.1, 0.15) is 11.4 Å². The normalized spacial score (nSPS) is 13.3. The molecule has 0 saturated heterocycles. The maximum absolute atomic E-state index is 12.1. The number of halogens is 1. The van der Waals surface area contributed by atoms with E-state index in [1.807, 2.05) is 19.0 Å². The zero-order chi connectivity index (χ0) is 17.0. The number of hydrogen-bond acceptors (Lipinski definition) is 4. The first kappa shape index (κ1) is 17.2. The summed E-state index contributed by atoms with van der Waals surface area (Å²) in [5, 5.41) is 16.2. The molecule has 0 radical (unpaired) electrons. The van der Waals surface area contributed by atoms with Gasteiger partial charge in [-0.15, -0.1) is 0 Å². The summed E-state index contributed by atoms with van der Waals surface area (Å²) < 4.78 is 5.17. The first-order valence-electron chi connectivity index (χ1n) is 7.08. The molecule has 1 heterocycles. The fourth-order valence-electron chi connectivity index (χ4n) is 2.16. The highest BCUT2D eigenvalue weighted by molar-refractivity contribution is 6.34. The van der Waals surface area contributed by atoms with Gasteiger partial charge in [0.2, 0.25) is 0 Å². The molecule has 0 fully saturated rings. The van der Waals surface area contributed by atoms with Crippen LogP contribution in [-0.4, -0.2) is 31.8 Å². The molecule has 0 aliphatic heterocycles. The number of aliphatic hydroxyl groups is 1. The van der Waals surface area contributed by atoms with Crippen molar-refractivity contribution >= 4 is 29.0 Å². The van der Waals surface area contributed by atoms with Crippen molar-refractivity contribution in [2.24, 2.45) is 0 Å². The molecule has 0 saturated carbocycles. The molecule has 3 N–H and O–H groups in total. The molecule has 0 aliphatic rings.